The van der Waals surface area contributed by atoms with Gasteiger partial charge in [0.2, 0.25) is 0 Å². The second kappa shape index (κ2) is 3.96. The van der Waals surface area contributed by atoms with Crippen LogP contribution in [0.4, 0.5) is 5.69 Å². The first-order chi connectivity index (χ1) is 6.02. The van der Waals surface area contributed by atoms with Crippen LogP contribution in [0.25, 0.3) is 0 Å². The quantitative estimate of drug-likeness (QED) is 0.631. The van der Waals surface area contributed by atoms with E-state index in [-0.39, 0.29) is 6.04 Å². The molecule has 0 amide bonds. The fourth-order valence-corrected chi connectivity index (χ4v) is 1.28. The molecule has 0 aromatic heterocycles. The summed E-state index contributed by atoms with van der Waals surface area (Å²) in [6.07, 6.45) is -0.739. The van der Waals surface area contributed by atoms with E-state index in [2.05, 4.69) is 0 Å². The lowest BCUT2D eigenvalue weighted by atomic mass is 10.0. The van der Waals surface area contributed by atoms with Crippen molar-refractivity contribution in [1.29, 1.82) is 0 Å². The third-order valence-electron chi connectivity index (χ3n) is 1.87. The summed E-state index contributed by atoms with van der Waals surface area (Å²) < 4.78 is 0. The topological polar surface area (TPSA) is 72.3 Å². The molecule has 4 heteroatoms. The van der Waals surface area contributed by atoms with E-state index in [9.17, 15) is 5.11 Å². The number of nitrogens with two attached hydrogens (primary N) is 2. The lowest BCUT2D eigenvalue weighted by Crippen LogP contribution is -2.25. The van der Waals surface area contributed by atoms with Gasteiger partial charge in [0.1, 0.15) is 0 Å². The van der Waals surface area contributed by atoms with Crippen molar-refractivity contribution in [3.8, 4) is 0 Å². The zero-order chi connectivity index (χ0) is 10.0. The molecule has 0 aliphatic carbocycles. The smallest absolute Gasteiger partial charge is 0.0957 e. The Morgan fingerprint density at radius 1 is 1.46 bits per heavy atom. The van der Waals surface area contributed by atoms with Gasteiger partial charge in [0.25, 0.3) is 0 Å². The van der Waals surface area contributed by atoms with E-state index in [1.807, 2.05) is 0 Å². The van der Waals surface area contributed by atoms with Gasteiger partial charge in [0.05, 0.1) is 6.10 Å². The number of hydrogen-bond acceptors (Lipinski definition) is 3. The van der Waals surface area contributed by atoms with Gasteiger partial charge in [0.15, 0.2) is 0 Å². The molecular weight excluding hydrogens is 188 g/mol. The summed E-state index contributed by atoms with van der Waals surface area (Å²) in [5.41, 5.74) is 12.3. The van der Waals surface area contributed by atoms with E-state index >= 15 is 0 Å². The molecule has 0 bridgehead atoms. The van der Waals surface area contributed by atoms with E-state index in [1.165, 1.54) is 0 Å². The first-order valence-electron chi connectivity index (χ1n) is 4.01. The summed E-state index contributed by atoms with van der Waals surface area (Å²) in [6.45, 7) is 1.72. The summed E-state index contributed by atoms with van der Waals surface area (Å²) >= 11 is 5.71. The molecule has 0 saturated carbocycles. The Bertz CT molecular complexity index is 302. The fraction of sp³-hybridized carbons (Fsp3) is 0.333. The van der Waals surface area contributed by atoms with E-state index in [0.29, 0.717) is 16.3 Å². The second-order valence-electron chi connectivity index (χ2n) is 3.08. The van der Waals surface area contributed by atoms with Crippen LogP contribution >= 0.6 is 11.6 Å². The van der Waals surface area contributed by atoms with E-state index < -0.39 is 6.10 Å². The van der Waals surface area contributed by atoms with Crippen molar-refractivity contribution in [2.24, 2.45) is 5.73 Å². The van der Waals surface area contributed by atoms with Gasteiger partial charge in [-0.05, 0) is 19.1 Å². The van der Waals surface area contributed by atoms with Crippen molar-refractivity contribution in [3.05, 3.63) is 28.8 Å². The largest absolute Gasteiger partial charge is 0.398 e. The maximum atomic E-state index is 9.62. The third kappa shape index (κ3) is 2.34. The van der Waals surface area contributed by atoms with Gasteiger partial charge in [-0.1, -0.05) is 17.7 Å². The van der Waals surface area contributed by atoms with Gasteiger partial charge in [-0.3, -0.25) is 0 Å². The minimum atomic E-state index is -0.739. The molecule has 0 saturated heterocycles. The molecule has 0 spiro atoms. The van der Waals surface area contributed by atoms with E-state index in [4.69, 9.17) is 23.1 Å². The molecule has 3 nitrogen and oxygen atoms in total. The SMILES string of the molecule is CC(N)C(O)c1ccc(Cl)cc1N. The lowest BCUT2D eigenvalue weighted by Gasteiger charge is -2.16. The average molecular weight is 201 g/mol. The monoisotopic (exact) mass is 200 g/mol. The molecule has 1 aromatic rings. The van der Waals surface area contributed by atoms with E-state index in [0.717, 1.165) is 0 Å². The number of aliphatic hydroxyl groups excluding tert-OH is 1. The molecule has 2 unspecified atom stereocenters. The van der Waals surface area contributed by atoms with Crippen LogP contribution in [-0.4, -0.2) is 11.1 Å². The highest BCUT2D eigenvalue weighted by Crippen LogP contribution is 2.25. The van der Waals surface area contributed by atoms with Crippen molar-refractivity contribution in [1.82, 2.24) is 0 Å². The number of halogens is 1. The van der Waals surface area contributed by atoms with Crippen LogP contribution in [0.15, 0.2) is 18.2 Å². The maximum absolute atomic E-state index is 9.62. The summed E-state index contributed by atoms with van der Waals surface area (Å²) in [5.74, 6) is 0. The number of anilines is 1. The predicted molar refractivity (Wildman–Crippen MR) is 54.5 cm³/mol. The van der Waals surface area contributed by atoms with Crippen LogP contribution in [-0.2, 0) is 0 Å². The summed E-state index contributed by atoms with van der Waals surface area (Å²) in [7, 11) is 0. The molecule has 0 aliphatic rings. The predicted octanol–water partition coefficient (Wildman–Crippen LogP) is 1.30. The zero-order valence-electron chi connectivity index (χ0n) is 7.37. The normalized spacial score (nSPS) is 15.4. The Hall–Kier alpha value is -0.770. The van der Waals surface area contributed by atoms with Crippen molar-refractivity contribution >= 4 is 17.3 Å². The first kappa shape index (κ1) is 10.3. The molecule has 0 fully saturated rings. The summed E-state index contributed by atoms with van der Waals surface area (Å²) in [5, 5.41) is 10.2. The van der Waals surface area contributed by atoms with Gasteiger partial charge < -0.3 is 16.6 Å². The van der Waals surface area contributed by atoms with Crippen LogP contribution < -0.4 is 11.5 Å². The molecule has 72 valence electrons. The number of nitrogen functional groups attached to an aromatic ring is 1. The Balaban J connectivity index is 3.01. The van der Waals surface area contributed by atoms with Crippen molar-refractivity contribution in [2.75, 3.05) is 5.73 Å². The molecule has 0 radical (unpaired) electrons. The lowest BCUT2D eigenvalue weighted by molar-refractivity contribution is 0.154. The highest BCUT2D eigenvalue weighted by Gasteiger charge is 2.14. The van der Waals surface area contributed by atoms with Crippen molar-refractivity contribution in [3.63, 3.8) is 0 Å². The number of hydrogen-bond donors (Lipinski definition) is 3. The fourth-order valence-electron chi connectivity index (χ4n) is 1.10. The highest BCUT2D eigenvalue weighted by molar-refractivity contribution is 6.30. The Kier molecular flexibility index (Phi) is 3.14. The Labute approximate surface area is 82.3 Å². The molecule has 13 heavy (non-hydrogen) atoms. The van der Waals surface area contributed by atoms with Gasteiger partial charge in [-0.2, -0.15) is 0 Å². The van der Waals surface area contributed by atoms with Gasteiger partial charge in [-0.15, -0.1) is 0 Å². The van der Waals surface area contributed by atoms with Gasteiger partial charge in [0, 0.05) is 22.3 Å². The Morgan fingerprint density at radius 2 is 2.08 bits per heavy atom. The van der Waals surface area contributed by atoms with Gasteiger partial charge in [-0.25, -0.2) is 0 Å². The summed E-state index contributed by atoms with van der Waals surface area (Å²) in [6, 6.07) is 4.62. The van der Waals surface area contributed by atoms with Crippen molar-refractivity contribution < 1.29 is 5.11 Å². The van der Waals surface area contributed by atoms with Crippen LogP contribution in [0.3, 0.4) is 0 Å². The van der Waals surface area contributed by atoms with Gasteiger partial charge >= 0.3 is 0 Å². The number of aliphatic hydroxyl groups is 1. The molecule has 5 N–H and O–H groups in total. The van der Waals surface area contributed by atoms with Crippen LogP contribution in [0.1, 0.15) is 18.6 Å². The number of benzene rings is 1. The first-order valence-corrected chi connectivity index (χ1v) is 4.38. The molecule has 0 aliphatic heterocycles. The Morgan fingerprint density at radius 3 is 2.54 bits per heavy atom. The van der Waals surface area contributed by atoms with Crippen LogP contribution in [0, 0.1) is 0 Å². The highest BCUT2D eigenvalue weighted by atomic mass is 35.5. The molecule has 2 atom stereocenters. The minimum absolute atomic E-state index is 0.344. The second-order valence-corrected chi connectivity index (χ2v) is 3.51. The third-order valence-corrected chi connectivity index (χ3v) is 2.10. The average Bonchev–Trinajstić information content (AvgIpc) is 2.03. The molecule has 1 rings (SSSR count). The summed E-state index contributed by atoms with van der Waals surface area (Å²) in [4.78, 5) is 0. The minimum Gasteiger partial charge on any atom is -0.398 e. The standard InChI is InChI=1S/C9H13ClN2O/c1-5(11)9(13)7-3-2-6(10)4-8(7)12/h2-5,9,13H,11-12H2,1H3. The van der Waals surface area contributed by atoms with Crippen LogP contribution in [0.2, 0.25) is 5.02 Å². The number of rotatable bonds is 2. The molecule has 0 heterocycles. The van der Waals surface area contributed by atoms with E-state index in [1.54, 1.807) is 25.1 Å². The zero-order valence-corrected chi connectivity index (χ0v) is 8.12. The molecular formula is C9H13ClN2O. The maximum Gasteiger partial charge on any atom is 0.0957 e. The van der Waals surface area contributed by atoms with Crippen LogP contribution in [0.5, 0.6) is 0 Å². The molecule has 1 aromatic carbocycles. The van der Waals surface area contributed by atoms with Crippen molar-refractivity contribution in [2.45, 2.75) is 19.1 Å².